The number of aromatic nitrogens is 3. The standard InChI is InChI=1S/C21H26N4O2/c1-13-8-9-17-16(12-13)14(2)19(22-17)20-23-18(24-27-20)10-11-25(3)21(26)15-6-4-5-7-15/h8-9,12,15,22H,4-7,10-11H2,1-3H3. The summed E-state index contributed by atoms with van der Waals surface area (Å²) in [6, 6.07) is 6.31. The van der Waals surface area contributed by atoms with E-state index in [0.29, 0.717) is 24.7 Å². The lowest BCUT2D eigenvalue weighted by molar-refractivity contribution is -0.133. The maximum absolute atomic E-state index is 12.4. The van der Waals surface area contributed by atoms with E-state index in [1.807, 2.05) is 11.9 Å². The van der Waals surface area contributed by atoms with Gasteiger partial charge >= 0.3 is 0 Å². The third-order valence-corrected chi connectivity index (χ3v) is 5.65. The SMILES string of the molecule is Cc1ccc2[nH]c(-c3nc(CCN(C)C(=O)C4CCCC4)no3)c(C)c2c1. The summed E-state index contributed by atoms with van der Waals surface area (Å²) >= 11 is 0. The van der Waals surface area contributed by atoms with Crippen molar-refractivity contribution in [1.29, 1.82) is 0 Å². The molecule has 2 heterocycles. The van der Waals surface area contributed by atoms with Crippen molar-refractivity contribution >= 4 is 16.8 Å². The lowest BCUT2D eigenvalue weighted by Crippen LogP contribution is -2.33. The minimum Gasteiger partial charge on any atom is -0.350 e. The number of carbonyl (C=O) groups excluding carboxylic acids is 1. The Bertz CT molecular complexity index is 966. The third kappa shape index (κ3) is 3.48. The van der Waals surface area contributed by atoms with Crippen molar-refractivity contribution in [3.8, 4) is 11.6 Å². The smallest absolute Gasteiger partial charge is 0.274 e. The maximum atomic E-state index is 12.4. The molecule has 0 radical (unpaired) electrons. The van der Waals surface area contributed by atoms with Crippen LogP contribution in [0.25, 0.3) is 22.5 Å². The number of hydrogen-bond acceptors (Lipinski definition) is 4. The van der Waals surface area contributed by atoms with E-state index >= 15 is 0 Å². The van der Waals surface area contributed by atoms with Gasteiger partial charge in [-0.05, 0) is 44.4 Å². The van der Waals surface area contributed by atoms with Crippen LogP contribution in [0.3, 0.4) is 0 Å². The summed E-state index contributed by atoms with van der Waals surface area (Å²) in [5.41, 5.74) is 4.26. The number of H-pyrrole nitrogens is 1. The molecule has 1 fully saturated rings. The molecule has 0 unspecified atom stereocenters. The second-order valence-electron chi connectivity index (χ2n) is 7.68. The normalized spacial score (nSPS) is 14.9. The molecule has 0 bridgehead atoms. The van der Waals surface area contributed by atoms with Gasteiger partial charge in [0.25, 0.3) is 5.89 Å². The minimum atomic E-state index is 0.202. The Hall–Kier alpha value is -2.63. The van der Waals surface area contributed by atoms with Crippen molar-refractivity contribution in [1.82, 2.24) is 20.0 Å². The van der Waals surface area contributed by atoms with Crippen molar-refractivity contribution < 1.29 is 9.32 Å². The van der Waals surface area contributed by atoms with Gasteiger partial charge in [-0.2, -0.15) is 4.98 Å². The number of aromatic amines is 1. The molecule has 1 aliphatic carbocycles. The van der Waals surface area contributed by atoms with Gasteiger partial charge < -0.3 is 14.4 Å². The minimum absolute atomic E-state index is 0.202. The summed E-state index contributed by atoms with van der Waals surface area (Å²) in [6.07, 6.45) is 4.98. The fourth-order valence-electron chi connectivity index (χ4n) is 3.97. The zero-order valence-corrected chi connectivity index (χ0v) is 16.2. The molecule has 2 aromatic heterocycles. The summed E-state index contributed by atoms with van der Waals surface area (Å²) < 4.78 is 5.49. The largest absolute Gasteiger partial charge is 0.350 e. The maximum Gasteiger partial charge on any atom is 0.274 e. The van der Waals surface area contributed by atoms with Crippen LogP contribution < -0.4 is 0 Å². The Morgan fingerprint density at radius 3 is 2.85 bits per heavy atom. The molecule has 4 rings (SSSR count). The quantitative estimate of drug-likeness (QED) is 0.740. The van der Waals surface area contributed by atoms with Crippen LogP contribution in [0, 0.1) is 19.8 Å². The van der Waals surface area contributed by atoms with Crippen molar-refractivity contribution in [2.45, 2.75) is 46.0 Å². The first-order valence-corrected chi connectivity index (χ1v) is 9.70. The molecule has 1 N–H and O–H groups in total. The van der Waals surface area contributed by atoms with Gasteiger partial charge in [0.1, 0.15) is 5.69 Å². The lowest BCUT2D eigenvalue weighted by Gasteiger charge is -2.20. The molecule has 142 valence electrons. The van der Waals surface area contributed by atoms with Gasteiger partial charge in [-0.15, -0.1) is 0 Å². The van der Waals surface area contributed by atoms with E-state index in [4.69, 9.17) is 4.52 Å². The van der Waals surface area contributed by atoms with Crippen LogP contribution in [-0.4, -0.2) is 39.5 Å². The number of rotatable bonds is 5. The fourth-order valence-corrected chi connectivity index (χ4v) is 3.97. The van der Waals surface area contributed by atoms with E-state index in [1.165, 1.54) is 23.8 Å². The monoisotopic (exact) mass is 366 g/mol. The molecule has 0 saturated heterocycles. The molecule has 1 aromatic carbocycles. The molecule has 1 amide bonds. The molecule has 0 atom stereocenters. The third-order valence-electron chi connectivity index (χ3n) is 5.65. The second kappa shape index (κ2) is 7.18. The lowest BCUT2D eigenvalue weighted by atomic mass is 10.1. The fraction of sp³-hybridized carbons (Fsp3) is 0.476. The topological polar surface area (TPSA) is 75.0 Å². The summed E-state index contributed by atoms with van der Waals surface area (Å²) in [6.45, 7) is 4.75. The molecule has 1 saturated carbocycles. The Morgan fingerprint density at radius 2 is 2.07 bits per heavy atom. The van der Waals surface area contributed by atoms with Crippen molar-refractivity contribution in [2.75, 3.05) is 13.6 Å². The number of benzene rings is 1. The molecular weight excluding hydrogens is 340 g/mol. The predicted octanol–water partition coefficient (Wildman–Crippen LogP) is 4.03. The van der Waals surface area contributed by atoms with Crippen molar-refractivity contribution in [3.63, 3.8) is 0 Å². The van der Waals surface area contributed by atoms with Crippen LogP contribution in [0.1, 0.15) is 42.6 Å². The van der Waals surface area contributed by atoms with E-state index in [2.05, 4.69) is 47.2 Å². The first-order chi connectivity index (χ1) is 13.0. The molecule has 1 aliphatic rings. The first-order valence-electron chi connectivity index (χ1n) is 9.70. The van der Waals surface area contributed by atoms with Gasteiger partial charge in [-0.3, -0.25) is 4.79 Å². The Kier molecular flexibility index (Phi) is 4.72. The van der Waals surface area contributed by atoms with Crippen LogP contribution in [0.5, 0.6) is 0 Å². The number of fused-ring (bicyclic) bond motifs is 1. The van der Waals surface area contributed by atoms with E-state index in [9.17, 15) is 4.79 Å². The Labute approximate surface area is 158 Å². The number of hydrogen-bond donors (Lipinski definition) is 1. The van der Waals surface area contributed by atoms with Gasteiger partial charge in [-0.25, -0.2) is 0 Å². The number of nitrogens with one attached hydrogen (secondary N) is 1. The zero-order valence-electron chi connectivity index (χ0n) is 16.2. The van der Waals surface area contributed by atoms with Crippen LogP contribution in [0.4, 0.5) is 0 Å². The highest BCUT2D eigenvalue weighted by Crippen LogP contribution is 2.29. The van der Waals surface area contributed by atoms with Crippen LogP contribution in [0.15, 0.2) is 22.7 Å². The van der Waals surface area contributed by atoms with Gasteiger partial charge in [0, 0.05) is 36.8 Å². The summed E-state index contributed by atoms with van der Waals surface area (Å²) in [5.74, 6) is 1.58. The van der Waals surface area contributed by atoms with Gasteiger partial charge in [0.2, 0.25) is 5.91 Å². The van der Waals surface area contributed by atoms with Crippen LogP contribution in [-0.2, 0) is 11.2 Å². The van der Waals surface area contributed by atoms with Crippen molar-refractivity contribution in [3.05, 3.63) is 35.2 Å². The molecule has 27 heavy (non-hydrogen) atoms. The highest BCUT2D eigenvalue weighted by molar-refractivity contribution is 5.89. The van der Waals surface area contributed by atoms with Crippen LogP contribution in [0.2, 0.25) is 0 Å². The average molecular weight is 366 g/mol. The average Bonchev–Trinajstić information content (AvgIpc) is 3.40. The molecular formula is C21H26N4O2. The number of likely N-dealkylation sites (N-methyl/N-ethyl adjacent to an activating group) is 1. The van der Waals surface area contributed by atoms with Crippen molar-refractivity contribution in [2.24, 2.45) is 5.92 Å². The summed E-state index contributed by atoms with van der Waals surface area (Å²) in [4.78, 5) is 22.2. The first kappa shape index (κ1) is 17.8. The second-order valence-corrected chi connectivity index (χ2v) is 7.68. The number of nitrogens with zero attached hydrogens (tertiary/aromatic N) is 3. The predicted molar refractivity (Wildman–Crippen MR) is 104 cm³/mol. The molecule has 0 aliphatic heterocycles. The van der Waals surface area contributed by atoms with Crippen LogP contribution >= 0.6 is 0 Å². The van der Waals surface area contributed by atoms with E-state index in [1.54, 1.807) is 0 Å². The number of carbonyl (C=O) groups is 1. The summed E-state index contributed by atoms with van der Waals surface area (Å²) in [5, 5.41) is 5.28. The van der Waals surface area contributed by atoms with E-state index in [0.717, 1.165) is 29.6 Å². The van der Waals surface area contributed by atoms with Gasteiger partial charge in [0.05, 0.1) is 0 Å². The molecule has 6 nitrogen and oxygen atoms in total. The Balaban J connectivity index is 1.46. The van der Waals surface area contributed by atoms with E-state index in [-0.39, 0.29) is 11.8 Å². The highest BCUT2D eigenvalue weighted by atomic mass is 16.5. The number of aryl methyl sites for hydroxylation is 2. The molecule has 3 aromatic rings. The van der Waals surface area contributed by atoms with Gasteiger partial charge in [0.15, 0.2) is 5.82 Å². The molecule has 0 spiro atoms. The van der Waals surface area contributed by atoms with Gasteiger partial charge in [-0.1, -0.05) is 29.6 Å². The Morgan fingerprint density at radius 1 is 1.30 bits per heavy atom. The molecule has 6 heteroatoms. The summed E-state index contributed by atoms with van der Waals surface area (Å²) in [7, 11) is 1.87. The number of amides is 1. The van der Waals surface area contributed by atoms with E-state index < -0.39 is 0 Å². The highest BCUT2D eigenvalue weighted by Gasteiger charge is 2.25. The zero-order chi connectivity index (χ0) is 19.0.